The Morgan fingerprint density at radius 2 is 1.36 bits per heavy atom. The summed E-state index contributed by atoms with van der Waals surface area (Å²) < 4.78 is 0. The normalized spacial score (nSPS) is 22.4. The highest BCUT2D eigenvalue weighted by molar-refractivity contribution is 5.07. The van der Waals surface area contributed by atoms with Gasteiger partial charge in [-0.3, -0.25) is 0 Å². The van der Waals surface area contributed by atoms with E-state index >= 15 is 0 Å². The molecule has 82 valence electrons. The predicted molar refractivity (Wildman–Crippen MR) is 64.3 cm³/mol. The molecule has 0 N–H and O–H groups in total. The molecule has 0 heteroatoms. The Labute approximate surface area is 89.8 Å². The third-order valence-corrected chi connectivity index (χ3v) is 4.24. The van der Waals surface area contributed by atoms with Gasteiger partial charge in [-0.2, -0.15) is 0 Å². The van der Waals surface area contributed by atoms with E-state index in [0.29, 0.717) is 16.2 Å². The van der Waals surface area contributed by atoms with E-state index in [0.717, 1.165) is 0 Å². The zero-order valence-corrected chi connectivity index (χ0v) is 10.8. The second-order valence-electron chi connectivity index (χ2n) is 6.80. The molecule has 0 aliphatic heterocycles. The largest absolute Gasteiger partial charge is 0.0885 e. The second-order valence-corrected chi connectivity index (χ2v) is 6.80. The summed E-state index contributed by atoms with van der Waals surface area (Å²) in [5.74, 6) is 0. The number of allylic oxidation sites excluding steroid dienone is 2. The topological polar surface area (TPSA) is 0 Å². The Balaban J connectivity index is 3.09. The molecule has 0 aromatic heterocycles. The zero-order valence-electron chi connectivity index (χ0n) is 10.8. The fraction of sp³-hybridized carbons (Fsp3) is 0.857. The highest BCUT2D eigenvalue weighted by Crippen LogP contribution is 2.58. The molecule has 1 aliphatic rings. The fourth-order valence-corrected chi connectivity index (χ4v) is 3.32. The Bertz CT molecular complexity index is 205. The van der Waals surface area contributed by atoms with Crippen molar-refractivity contribution in [2.24, 2.45) is 16.2 Å². The Morgan fingerprint density at radius 1 is 0.857 bits per heavy atom. The summed E-state index contributed by atoms with van der Waals surface area (Å²) in [5.41, 5.74) is 1.26. The second kappa shape index (κ2) is 3.40. The van der Waals surface area contributed by atoms with Gasteiger partial charge in [-0.15, -0.1) is 0 Å². The molecule has 0 nitrogen and oxygen atoms in total. The first kappa shape index (κ1) is 11.8. The van der Waals surface area contributed by atoms with Gasteiger partial charge in [0.15, 0.2) is 0 Å². The molecule has 0 spiro atoms. The highest BCUT2D eigenvalue weighted by atomic mass is 14.5. The first-order chi connectivity index (χ1) is 6.21. The number of hydrogen-bond donors (Lipinski definition) is 0. The summed E-state index contributed by atoms with van der Waals surface area (Å²) in [7, 11) is 0. The van der Waals surface area contributed by atoms with Crippen molar-refractivity contribution in [3.8, 4) is 0 Å². The summed E-state index contributed by atoms with van der Waals surface area (Å²) in [4.78, 5) is 0. The van der Waals surface area contributed by atoms with Crippen LogP contribution in [-0.2, 0) is 0 Å². The van der Waals surface area contributed by atoms with Gasteiger partial charge in [0.25, 0.3) is 0 Å². The van der Waals surface area contributed by atoms with Gasteiger partial charge in [-0.05, 0) is 35.5 Å². The van der Waals surface area contributed by atoms with Crippen molar-refractivity contribution >= 4 is 0 Å². The van der Waals surface area contributed by atoms with Gasteiger partial charge in [-0.1, -0.05) is 53.7 Å². The van der Waals surface area contributed by atoms with Crippen molar-refractivity contribution in [3.63, 3.8) is 0 Å². The van der Waals surface area contributed by atoms with Crippen LogP contribution in [-0.4, -0.2) is 0 Å². The molecule has 0 fully saturated rings. The van der Waals surface area contributed by atoms with Crippen LogP contribution in [0.1, 0.15) is 60.8 Å². The van der Waals surface area contributed by atoms with Crippen molar-refractivity contribution in [3.05, 3.63) is 12.2 Å². The van der Waals surface area contributed by atoms with Gasteiger partial charge in [-0.25, -0.2) is 0 Å². The average molecular weight is 194 g/mol. The molecule has 0 heterocycles. The molecule has 0 saturated heterocycles. The Hall–Kier alpha value is -0.260. The van der Waals surface area contributed by atoms with E-state index in [1.807, 2.05) is 0 Å². The van der Waals surface area contributed by atoms with E-state index in [-0.39, 0.29) is 0 Å². The fourth-order valence-electron chi connectivity index (χ4n) is 3.32. The lowest BCUT2D eigenvalue weighted by atomic mass is 9.50. The molecule has 0 aromatic rings. The molecule has 14 heavy (non-hydrogen) atoms. The SMILES string of the molecule is CC(C)(C)C1(C(C)(C)C)CC=CCC1. The van der Waals surface area contributed by atoms with Gasteiger partial charge >= 0.3 is 0 Å². The quantitative estimate of drug-likeness (QED) is 0.486. The molecule has 1 rings (SSSR count). The standard InChI is InChI=1S/C14H26/c1-12(2,3)14(13(4,5)6)10-8-7-9-11-14/h7-8H,9-11H2,1-6H3. The third kappa shape index (κ3) is 1.76. The smallest absolute Gasteiger partial charge is 0.0163 e. The molecule has 0 bridgehead atoms. The zero-order chi connectivity index (χ0) is 11.0. The van der Waals surface area contributed by atoms with Crippen LogP contribution >= 0.6 is 0 Å². The summed E-state index contributed by atoms with van der Waals surface area (Å²) in [5, 5.41) is 0. The molecule has 0 unspecified atom stereocenters. The van der Waals surface area contributed by atoms with E-state index in [9.17, 15) is 0 Å². The van der Waals surface area contributed by atoms with E-state index in [4.69, 9.17) is 0 Å². The Kier molecular flexibility index (Phi) is 2.87. The predicted octanol–water partition coefficient (Wildman–Crippen LogP) is 4.81. The van der Waals surface area contributed by atoms with Crippen LogP contribution in [0.3, 0.4) is 0 Å². The van der Waals surface area contributed by atoms with Crippen molar-refractivity contribution < 1.29 is 0 Å². The third-order valence-electron chi connectivity index (χ3n) is 4.24. The number of hydrogen-bond acceptors (Lipinski definition) is 0. The van der Waals surface area contributed by atoms with E-state index < -0.39 is 0 Å². The Morgan fingerprint density at radius 3 is 1.57 bits per heavy atom. The van der Waals surface area contributed by atoms with Crippen LogP contribution in [0.25, 0.3) is 0 Å². The van der Waals surface area contributed by atoms with Crippen LogP contribution in [0.2, 0.25) is 0 Å². The molecule has 0 aromatic carbocycles. The lowest BCUT2D eigenvalue weighted by Gasteiger charge is -2.55. The molecule has 1 aliphatic carbocycles. The van der Waals surface area contributed by atoms with Crippen molar-refractivity contribution in [2.45, 2.75) is 60.8 Å². The van der Waals surface area contributed by atoms with Crippen molar-refractivity contribution in [1.82, 2.24) is 0 Å². The molecular formula is C14H26. The summed E-state index contributed by atoms with van der Waals surface area (Å²) >= 11 is 0. The van der Waals surface area contributed by atoms with Crippen molar-refractivity contribution in [2.75, 3.05) is 0 Å². The minimum absolute atomic E-state index is 0.399. The van der Waals surface area contributed by atoms with Crippen LogP contribution in [0.5, 0.6) is 0 Å². The maximum absolute atomic E-state index is 2.40. The van der Waals surface area contributed by atoms with Gasteiger partial charge in [0.05, 0.1) is 0 Å². The summed E-state index contributed by atoms with van der Waals surface area (Å²) in [6, 6.07) is 0. The van der Waals surface area contributed by atoms with E-state index in [1.54, 1.807) is 0 Å². The van der Waals surface area contributed by atoms with Crippen LogP contribution in [0.4, 0.5) is 0 Å². The van der Waals surface area contributed by atoms with Crippen molar-refractivity contribution in [1.29, 1.82) is 0 Å². The van der Waals surface area contributed by atoms with Gasteiger partial charge < -0.3 is 0 Å². The lowest BCUT2D eigenvalue weighted by molar-refractivity contribution is -0.0402. The minimum atomic E-state index is 0.399. The van der Waals surface area contributed by atoms with Gasteiger partial charge in [0.2, 0.25) is 0 Å². The minimum Gasteiger partial charge on any atom is -0.0885 e. The summed E-state index contributed by atoms with van der Waals surface area (Å²) in [6.07, 6.45) is 8.58. The van der Waals surface area contributed by atoms with Gasteiger partial charge in [0, 0.05) is 0 Å². The monoisotopic (exact) mass is 194 g/mol. The highest BCUT2D eigenvalue weighted by Gasteiger charge is 2.49. The average Bonchev–Trinajstić information content (AvgIpc) is 2.02. The molecule has 0 radical (unpaired) electrons. The van der Waals surface area contributed by atoms with Crippen LogP contribution in [0, 0.1) is 16.2 Å². The molecule has 0 amide bonds. The molecule has 0 atom stereocenters. The van der Waals surface area contributed by atoms with E-state index in [1.165, 1.54) is 19.3 Å². The van der Waals surface area contributed by atoms with Crippen LogP contribution in [0.15, 0.2) is 12.2 Å². The maximum atomic E-state index is 2.40. The first-order valence-corrected chi connectivity index (χ1v) is 5.86. The van der Waals surface area contributed by atoms with Crippen LogP contribution < -0.4 is 0 Å². The summed E-state index contributed by atoms with van der Waals surface area (Å²) in [6.45, 7) is 14.4. The van der Waals surface area contributed by atoms with E-state index in [2.05, 4.69) is 53.7 Å². The number of rotatable bonds is 0. The first-order valence-electron chi connectivity index (χ1n) is 5.86. The molecular weight excluding hydrogens is 168 g/mol. The lowest BCUT2D eigenvalue weighted by Crippen LogP contribution is -2.46. The molecule has 0 saturated carbocycles. The van der Waals surface area contributed by atoms with Gasteiger partial charge in [0.1, 0.15) is 0 Å². The maximum Gasteiger partial charge on any atom is -0.0163 e.